The van der Waals surface area contributed by atoms with Gasteiger partial charge in [0.05, 0.1) is 5.75 Å². The molecule has 1 aliphatic rings. The normalized spacial score (nSPS) is 14.2. The first-order valence-electron chi connectivity index (χ1n) is 10.5. The Morgan fingerprint density at radius 3 is 2.55 bits per heavy atom. The van der Waals surface area contributed by atoms with Crippen LogP contribution >= 0.6 is 23.4 Å². The molecule has 1 aliphatic heterocycles. The fourth-order valence-corrected chi connectivity index (χ4v) is 4.87. The maximum atomic E-state index is 12.8. The van der Waals surface area contributed by atoms with Gasteiger partial charge in [-0.2, -0.15) is 0 Å². The Hall–Kier alpha value is -2.51. The van der Waals surface area contributed by atoms with Gasteiger partial charge in [-0.1, -0.05) is 53.2 Å². The second-order valence-electron chi connectivity index (χ2n) is 7.56. The minimum absolute atomic E-state index is 0.138. The molecule has 2 heterocycles. The van der Waals surface area contributed by atoms with Gasteiger partial charge >= 0.3 is 0 Å². The fraction of sp³-hybridized carbons (Fsp3) is 0.348. The lowest BCUT2D eigenvalue weighted by molar-refractivity contribution is -0.128. The monoisotopic (exact) mass is 455 g/mol. The first kappa shape index (κ1) is 21.7. The Bertz CT molecular complexity index is 1060. The first-order chi connectivity index (χ1) is 15.0. The van der Waals surface area contributed by atoms with Crippen molar-refractivity contribution in [1.82, 2.24) is 19.7 Å². The van der Waals surface area contributed by atoms with Crippen LogP contribution in [0.3, 0.4) is 0 Å². The number of hydrogen-bond acceptors (Lipinski definition) is 5. The highest BCUT2D eigenvalue weighted by Gasteiger charge is 2.22. The predicted molar refractivity (Wildman–Crippen MR) is 127 cm³/mol. The number of nitrogens with zero attached hydrogens (tertiary/aromatic N) is 5. The molecule has 0 radical (unpaired) electrons. The quantitative estimate of drug-likeness (QED) is 0.516. The fourth-order valence-electron chi connectivity index (χ4n) is 3.78. The van der Waals surface area contributed by atoms with Gasteiger partial charge in [-0.05, 0) is 38.1 Å². The topological polar surface area (TPSA) is 54.3 Å². The van der Waals surface area contributed by atoms with Crippen LogP contribution in [-0.4, -0.2) is 57.5 Å². The second-order valence-corrected chi connectivity index (χ2v) is 8.94. The number of anilines is 1. The van der Waals surface area contributed by atoms with E-state index >= 15 is 0 Å². The summed E-state index contributed by atoms with van der Waals surface area (Å²) in [6, 6.07) is 16.1. The van der Waals surface area contributed by atoms with Gasteiger partial charge in [0, 0.05) is 49.0 Å². The number of halogens is 1. The van der Waals surface area contributed by atoms with Crippen LogP contribution < -0.4 is 4.90 Å². The number of aromatic nitrogens is 3. The maximum absolute atomic E-state index is 12.8. The van der Waals surface area contributed by atoms with Gasteiger partial charge in [-0.15, -0.1) is 10.2 Å². The maximum Gasteiger partial charge on any atom is 0.233 e. The minimum atomic E-state index is 0.138. The standard InChI is InChI=1S/C23H26ClN5OS/c1-3-29-22(18-7-4-6-17(2)14-18)25-26-23(29)31-16-21(30)28-12-10-27(11-13-28)20-9-5-8-19(24)15-20/h4-9,14-15H,3,10-13,16H2,1-2H3. The molecule has 1 fully saturated rings. The van der Waals surface area contributed by atoms with Crippen molar-refractivity contribution in [3.63, 3.8) is 0 Å². The van der Waals surface area contributed by atoms with E-state index in [4.69, 9.17) is 11.6 Å². The zero-order chi connectivity index (χ0) is 21.8. The van der Waals surface area contributed by atoms with Crippen LogP contribution in [0.4, 0.5) is 5.69 Å². The Morgan fingerprint density at radius 1 is 1.06 bits per heavy atom. The molecule has 4 rings (SSSR count). The molecule has 8 heteroatoms. The molecule has 0 spiro atoms. The lowest BCUT2D eigenvalue weighted by Gasteiger charge is -2.36. The molecule has 1 amide bonds. The van der Waals surface area contributed by atoms with Gasteiger partial charge in [0.15, 0.2) is 11.0 Å². The lowest BCUT2D eigenvalue weighted by Crippen LogP contribution is -2.49. The summed E-state index contributed by atoms with van der Waals surface area (Å²) < 4.78 is 2.07. The van der Waals surface area contributed by atoms with Crippen molar-refractivity contribution >= 4 is 35.0 Å². The molecule has 3 aromatic rings. The Balaban J connectivity index is 1.35. The summed E-state index contributed by atoms with van der Waals surface area (Å²) in [5.41, 5.74) is 3.34. The number of benzene rings is 2. The first-order valence-corrected chi connectivity index (χ1v) is 11.8. The second kappa shape index (κ2) is 9.75. The molecular weight excluding hydrogens is 430 g/mol. The van der Waals surface area contributed by atoms with Crippen LogP contribution in [0.15, 0.2) is 53.7 Å². The van der Waals surface area contributed by atoms with Crippen LogP contribution in [0.5, 0.6) is 0 Å². The Labute approximate surface area is 192 Å². The smallest absolute Gasteiger partial charge is 0.233 e. The van der Waals surface area contributed by atoms with Crippen molar-refractivity contribution in [1.29, 1.82) is 0 Å². The highest BCUT2D eigenvalue weighted by molar-refractivity contribution is 7.99. The van der Waals surface area contributed by atoms with Gasteiger partial charge in [-0.3, -0.25) is 4.79 Å². The number of thioether (sulfide) groups is 1. The third-order valence-electron chi connectivity index (χ3n) is 5.44. The summed E-state index contributed by atoms with van der Waals surface area (Å²) in [6.07, 6.45) is 0. The number of carbonyl (C=O) groups is 1. The summed E-state index contributed by atoms with van der Waals surface area (Å²) in [5, 5.41) is 10.3. The Kier molecular flexibility index (Phi) is 6.83. The van der Waals surface area contributed by atoms with E-state index in [1.165, 1.54) is 17.3 Å². The van der Waals surface area contributed by atoms with Gasteiger partial charge < -0.3 is 14.4 Å². The van der Waals surface area contributed by atoms with Crippen molar-refractivity contribution in [2.24, 2.45) is 0 Å². The third kappa shape index (κ3) is 5.05. The van der Waals surface area contributed by atoms with Crippen molar-refractivity contribution in [2.45, 2.75) is 25.5 Å². The molecule has 0 atom stereocenters. The largest absolute Gasteiger partial charge is 0.368 e. The van der Waals surface area contributed by atoms with E-state index in [1.54, 1.807) is 0 Å². The van der Waals surface area contributed by atoms with E-state index in [2.05, 4.69) is 51.7 Å². The van der Waals surface area contributed by atoms with E-state index in [9.17, 15) is 4.79 Å². The van der Waals surface area contributed by atoms with E-state index < -0.39 is 0 Å². The average molecular weight is 456 g/mol. The molecular formula is C23H26ClN5OS. The van der Waals surface area contributed by atoms with Crippen molar-refractivity contribution in [3.8, 4) is 11.4 Å². The molecule has 0 unspecified atom stereocenters. The zero-order valence-corrected chi connectivity index (χ0v) is 19.4. The van der Waals surface area contributed by atoms with Crippen LogP contribution in [0.1, 0.15) is 12.5 Å². The van der Waals surface area contributed by atoms with Gasteiger partial charge in [0.1, 0.15) is 0 Å². The van der Waals surface area contributed by atoms with E-state index in [1.807, 2.05) is 35.2 Å². The number of piperazine rings is 1. The van der Waals surface area contributed by atoms with Crippen molar-refractivity contribution in [3.05, 3.63) is 59.1 Å². The van der Waals surface area contributed by atoms with Crippen molar-refractivity contribution < 1.29 is 4.79 Å². The molecule has 0 aliphatic carbocycles. The number of amides is 1. The molecule has 162 valence electrons. The van der Waals surface area contributed by atoms with Crippen LogP contribution in [0.2, 0.25) is 5.02 Å². The van der Waals surface area contributed by atoms with Gasteiger partial charge in [0.25, 0.3) is 0 Å². The van der Waals surface area contributed by atoms with Gasteiger partial charge in [0.2, 0.25) is 5.91 Å². The molecule has 2 aromatic carbocycles. The summed E-state index contributed by atoms with van der Waals surface area (Å²) in [5.74, 6) is 1.35. The third-order valence-corrected chi connectivity index (χ3v) is 6.63. The van der Waals surface area contributed by atoms with E-state index in [-0.39, 0.29) is 5.91 Å². The average Bonchev–Trinajstić information content (AvgIpc) is 3.20. The highest BCUT2D eigenvalue weighted by atomic mass is 35.5. The highest BCUT2D eigenvalue weighted by Crippen LogP contribution is 2.25. The zero-order valence-electron chi connectivity index (χ0n) is 17.8. The predicted octanol–water partition coefficient (Wildman–Crippen LogP) is 4.37. The molecule has 6 nitrogen and oxygen atoms in total. The van der Waals surface area contributed by atoms with Crippen LogP contribution in [0.25, 0.3) is 11.4 Å². The van der Waals surface area contributed by atoms with Crippen LogP contribution in [-0.2, 0) is 11.3 Å². The number of carbonyl (C=O) groups excluding carboxylic acids is 1. The number of rotatable bonds is 6. The summed E-state index contributed by atoms with van der Waals surface area (Å²) in [4.78, 5) is 17.0. The molecule has 0 saturated carbocycles. The van der Waals surface area contributed by atoms with Crippen LogP contribution in [0, 0.1) is 6.92 Å². The van der Waals surface area contributed by atoms with Crippen molar-refractivity contribution in [2.75, 3.05) is 36.8 Å². The lowest BCUT2D eigenvalue weighted by atomic mass is 10.1. The number of hydrogen-bond donors (Lipinski definition) is 0. The molecule has 31 heavy (non-hydrogen) atoms. The van der Waals surface area contributed by atoms with E-state index in [0.29, 0.717) is 18.8 Å². The summed E-state index contributed by atoms with van der Waals surface area (Å²) in [7, 11) is 0. The summed E-state index contributed by atoms with van der Waals surface area (Å²) >= 11 is 7.57. The minimum Gasteiger partial charge on any atom is -0.368 e. The number of aryl methyl sites for hydroxylation is 1. The molecule has 0 bridgehead atoms. The van der Waals surface area contributed by atoms with Gasteiger partial charge in [-0.25, -0.2) is 0 Å². The molecule has 1 saturated heterocycles. The van der Waals surface area contributed by atoms with E-state index in [0.717, 1.165) is 46.9 Å². The summed E-state index contributed by atoms with van der Waals surface area (Å²) in [6.45, 7) is 7.92. The Morgan fingerprint density at radius 2 is 1.84 bits per heavy atom. The SMILES string of the molecule is CCn1c(SCC(=O)N2CCN(c3cccc(Cl)c3)CC2)nnc1-c1cccc(C)c1. The molecule has 0 N–H and O–H groups in total. The molecule has 1 aromatic heterocycles.